The predicted octanol–water partition coefficient (Wildman–Crippen LogP) is 0.0283. The molecule has 1 fully saturated rings. The molecule has 7 heteroatoms. The zero-order valence-electron chi connectivity index (χ0n) is 12.2. The van der Waals surface area contributed by atoms with Gasteiger partial charge in [-0.05, 0) is 33.6 Å². The zero-order valence-corrected chi connectivity index (χ0v) is 12.2. The maximum atomic E-state index is 12.0. The number of nitrogens with one attached hydrogen (secondary N) is 1. The van der Waals surface area contributed by atoms with E-state index < -0.39 is 18.2 Å². The standard InChI is InChI=1S/C13H23N3O4/c1-8(2)15-13(19)20-7-11(17)10-5-4-6-16(10)12(18)9(3)14/h8-10H,4-7,14H2,1-3H3,(H,15,19)/t9?,10-/m0/s1. The van der Waals surface area contributed by atoms with Gasteiger partial charge in [0.05, 0.1) is 12.1 Å². The van der Waals surface area contributed by atoms with E-state index in [-0.39, 0.29) is 24.3 Å². The Bertz CT molecular complexity index is 382. The molecule has 1 rings (SSSR count). The van der Waals surface area contributed by atoms with Gasteiger partial charge in [0.2, 0.25) is 5.91 Å². The molecule has 0 aliphatic carbocycles. The summed E-state index contributed by atoms with van der Waals surface area (Å²) in [5.41, 5.74) is 5.56. The number of amides is 2. The highest BCUT2D eigenvalue weighted by atomic mass is 16.6. The molecule has 20 heavy (non-hydrogen) atoms. The fourth-order valence-electron chi connectivity index (χ4n) is 2.14. The lowest BCUT2D eigenvalue weighted by Crippen LogP contribution is -2.48. The fraction of sp³-hybridized carbons (Fsp3) is 0.769. The van der Waals surface area contributed by atoms with Gasteiger partial charge in [0.15, 0.2) is 12.4 Å². The van der Waals surface area contributed by atoms with Crippen LogP contribution < -0.4 is 11.1 Å². The number of nitrogens with two attached hydrogens (primary N) is 1. The Kier molecular flexibility index (Phi) is 5.94. The number of nitrogens with zero attached hydrogens (tertiary/aromatic N) is 1. The second kappa shape index (κ2) is 7.23. The van der Waals surface area contributed by atoms with Crippen molar-refractivity contribution in [3.05, 3.63) is 0 Å². The van der Waals surface area contributed by atoms with Crippen molar-refractivity contribution in [1.82, 2.24) is 10.2 Å². The summed E-state index contributed by atoms with van der Waals surface area (Å²) in [7, 11) is 0. The average molecular weight is 285 g/mol. The lowest BCUT2D eigenvalue weighted by atomic mass is 10.1. The van der Waals surface area contributed by atoms with Crippen LogP contribution in [0, 0.1) is 0 Å². The molecule has 0 spiro atoms. The van der Waals surface area contributed by atoms with Gasteiger partial charge in [0.1, 0.15) is 0 Å². The Morgan fingerprint density at radius 3 is 2.55 bits per heavy atom. The van der Waals surface area contributed by atoms with Crippen molar-refractivity contribution in [1.29, 1.82) is 0 Å². The summed E-state index contributed by atoms with van der Waals surface area (Å²) in [4.78, 5) is 36.7. The minimum absolute atomic E-state index is 0.0553. The number of Topliss-reactive ketones (excluding diaryl/α,β-unsaturated/α-hetero) is 1. The van der Waals surface area contributed by atoms with Crippen molar-refractivity contribution >= 4 is 17.8 Å². The monoisotopic (exact) mass is 285 g/mol. The zero-order chi connectivity index (χ0) is 15.3. The smallest absolute Gasteiger partial charge is 0.407 e. The molecule has 0 aromatic rings. The highest BCUT2D eigenvalue weighted by Gasteiger charge is 2.35. The van der Waals surface area contributed by atoms with Crippen LogP contribution in [-0.2, 0) is 14.3 Å². The minimum atomic E-state index is -0.631. The normalized spacial score (nSPS) is 19.9. The van der Waals surface area contributed by atoms with Gasteiger partial charge in [0, 0.05) is 12.6 Å². The number of likely N-dealkylation sites (tertiary alicyclic amines) is 1. The lowest BCUT2D eigenvalue weighted by molar-refractivity contribution is -0.139. The molecule has 1 unspecified atom stereocenters. The largest absolute Gasteiger partial charge is 0.441 e. The van der Waals surface area contributed by atoms with Gasteiger partial charge in [-0.15, -0.1) is 0 Å². The van der Waals surface area contributed by atoms with E-state index in [4.69, 9.17) is 10.5 Å². The Morgan fingerprint density at radius 2 is 2.00 bits per heavy atom. The molecule has 2 atom stereocenters. The molecule has 0 aromatic heterocycles. The van der Waals surface area contributed by atoms with Crippen molar-refractivity contribution in [3.63, 3.8) is 0 Å². The number of ketones is 1. The predicted molar refractivity (Wildman–Crippen MR) is 73.0 cm³/mol. The Labute approximate surface area is 118 Å². The molecular formula is C13H23N3O4. The molecule has 0 saturated carbocycles. The topological polar surface area (TPSA) is 102 Å². The highest BCUT2D eigenvalue weighted by molar-refractivity contribution is 5.92. The number of ether oxygens (including phenoxy) is 1. The van der Waals surface area contributed by atoms with Gasteiger partial charge in [-0.25, -0.2) is 4.79 Å². The van der Waals surface area contributed by atoms with Crippen molar-refractivity contribution in [3.8, 4) is 0 Å². The average Bonchev–Trinajstić information content (AvgIpc) is 2.83. The SMILES string of the molecule is CC(C)NC(=O)OCC(=O)[C@@H]1CCCN1C(=O)C(C)N. The molecule has 1 aliphatic rings. The molecule has 114 valence electrons. The summed E-state index contributed by atoms with van der Waals surface area (Å²) in [5, 5.41) is 2.53. The summed E-state index contributed by atoms with van der Waals surface area (Å²) in [6, 6.07) is -1.21. The third-order valence-corrected chi connectivity index (χ3v) is 3.05. The van der Waals surface area contributed by atoms with Crippen molar-refractivity contribution in [2.75, 3.05) is 13.2 Å². The second-order valence-corrected chi connectivity index (χ2v) is 5.32. The van der Waals surface area contributed by atoms with Crippen LogP contribution >= 0.6 is 0 Å². The van der Waals surface area contributed by atoms with Crippen molar-refractivity contribution in [2.24, 2.45) is 5.73 Å². The molecule has 3 N–H and O–H groups in total. The Hall–Kier alpha value is -1.63. The highest BCUT2D eigenvalue weighted by Crippen LogP contribution is 2.19. The van der Waals surface area contributed by atoms with Crippen LogP contribution in [0.3, 0.4) is 0 Å². The van der Waals surface area contributed by atoms with Gasteiger partial charge < -0.3 is 20.7 Å². The molecule has 1 saturated heterocycles. The van der Waals surface area contributed by atoms with E-state index in [0.717, 1.165) is 6.42 Å². The van der Waals surface area contributed by atoms with Gasteiger partial charge in [0.25, 0.3) is 0 Å². The maximum Gasteiger partial charge on any atom is 0.407 e. The minimum Gasteiger partial charge on any atom is -0.441 e. The summed E-state index contributed by atoms with van der Waals surface area (Å²) in [6.45, 7) is 5.38. The number of carbonyl (C=O) groups excluding carboxylic acids is 3. The van der Waals surface area contributed by atoms with Crippen LogP contribution in [0.4, 0.5) is 4.79 Å². The third-order valence-electron chi connectivity index (χ3n) is 3.05. The van der Waals surface area contributed by atoms with Gasteiger partial charge >= 0.3 is 6.09 Å². The molecule has 2 amide bonds. The Morgan fingerprint density at radius 1 is 1.35 bits per heavy atom. The van der Waals surface area contributed by atoms with Crippen LogP contribution in [0.15, 0.2) is 0 Å². The van der Waals surface area contributed by atoms with E-state index in [0.29, 0.717) is 13.0 Å². The molecule has 0 radical (unpaired) electrons. The van der Waals surface area contributed by atoms with E-state index >= 15 is 0 Å². The fourth-order valence-corrected chi connectivity index (χ4v) is 2.14. The molecule has 1 aliphatic heterocycles. The van der Waals surface area contributed by atoms with E-state index in [2.05, 4.69) is 5.32 Å². The van der Waals surface area contributed by atoms with Gasteiger partial charge in [-0.2, -0.15) is 0 Å². The lowest BCUT2D eigenvalue weighted by Gasteiger charge is -2.25. The molecule has 1 heterocycles. The quantitative estimate of drug-likeness (QED) is 0.742. The Balaban J connectivity index is 2.50. The van der Waals surface area contributed by atoms with Crippen LogP contribution in [-0.4, -0.2) is 54.0 Å². The van der Waals surface area contributed by atoms with Crippen LogP contribution in [0.25, 0.3) is 0 Å². The summed E-state index contributed by atoms with van der Waals surface area (Å²) in [6.07, 6.45) is 0.718. The molecule has 7 nitrogen and oxygen atoms in total. The number of hydrogen-bond acceptors (Lipinski definition) is 5. The second-order valence-electron chi connectivity index (χ2n) is 5.32. The van der Waals surface area contributed by atoms with E-state index in [1.54, 1.807) is 20.8 Å². The van der Waals surface area contributed by atoms with Gasteiger partial charge in [-0.3, -0.25) is 9.59 Å². The number of hydrogen-bond donors (Lipinski definition) is 2. The number of alkyl carbamates (subject to hydrolysis) is 1. The first kappa shape index (κ1) is 16.4. The summed E-state index contributed by atoms with van der Waals surface area (Å²) in [5.74, 6) is -0.511. The first-order valence-corrected chi connectivity index (χ1v) is 6.85. The van der Waals surface area contributed by atoms with Crippen LogP contribution in [0.5, 0.6) is 0 Å². The van der Waals surface area contributed by atoms with Crippen molar-refractivity contribution in [2.45, 2.75) is 51.7 Å². The van der Waals surface area contributed by atoms with Gasteiger partial charge in [-0.1, -0.05) is 0 Å². The summed E-state index contributed by atoms with van der Waals surface area (Å²) >= 11 is 0. The molecule has 0 aromatic carbocycles. The maximum absolute atomic E-state index is 12.0. The van der Waals surface area contributed by atoms with Crippen LogP contribution in [0.1, 0.15) is 33.6 Å². The first-order valence-electron chi connectivity index (χ1n) is 6.85. The first-order chi connectivity index (χ1) is 9.32. The number of carbonyl (C=O) groups is 3. The van der Waals surface area contributed by atoms with Crippen molar-refractivity contribution < 1.29 is 19.1 Å². The summed E-state index contributed by atoms with van der Waals surface area (Å²) < 4.78 is 4.85. The third kappa shape index (κ3) is 4.48. The molecule has 0 bridgehead atoms. The van der Waals surface area contributed by atoms with E-state index in [9.17, 15) is 14.4 Å². The van der Waals surface area contributed by atoms with Crippen LogP contribution in [0.2, 0.25) is 0 Å². The molecular weight excluding hydrogens is 262 g/mol. The van der Waals surface area contributed by atoms with E-state index in [1.807, 2.05) is 0 Å². The van der Waals surface area contributed by atoms with E-state index in [1.165, 1.54) is 4.90 Å². The number of rotatable bonds is 5.